The highest BCUT2D eigenvalue weighted by molar-refractivity contribution is 6.12. The van der Waals surface area contributed by atoms with Crippen LogP contribution in [0.15, 0.2) is 72.9 Å². The minimum absolute atomic E-state index is 0.0103. The van der Waals surface area contributed by atoms with E-state index in [4.69, 9.17) is 5.73 Å². The summed E-state index contributed by atoms with van der Waals surface area (Å²) in [6, 6.07) is 13.1. The van der Waals surface area contributed by atoms with Gasteiger partial charge in [0, 0.05) is 73.6 Å². The van der Waals surface area contributed by atoms with Crippen molar-refractivity contribution in [2.24, 2.45) is 23.0 Å². The van der Waals surface area contributed by atoms with Gasteiger partial charge in [-0.15, -0.1) is 0 Å². The van der Waals surface area contributed by atoms with E-state index in [9.17, 15) is 33.5 Å². The molecule has 5 rings (SSSR count). The number of hydrogen-bond donors (Lipinski definition) is 2. The molecule has 2 aromatic carbocycles. The fourth-order valence-electron chi connectivity index (χ4n) is 7.80. The smallest absolute Gasteiger partial charge is 0.253 e. The lowest BCUT2D eigenvalue weighted by molar-refractivity contribution is -0.140. The van der Waals surface area contributed by atoms with Crippen molar-refractivity contribution >= 4 is 29.3 Å². The summed E-state index contributed by atoms with van der Waals surface area (Å²) in [4.78, 5) is 66.0. The first kappa shape index (κ1) is 40.4. The molecular formula is C42H50F2N4O6. The largest absolute Gasteiger partial charge is 0.387 e. The van der Waals surface area contributed by atoms with Gasteiger partial charge in [-0.05, 0) is 73.3 Å². The maximum atomic E-state index is 15.1. The van der Waals surface area contributed by atoms with Crippen LogP contribution in [0.2, 0.25) is 0 Å². The second-order valence-corrected chi connectivity index (χ2v) is 15.6. The summed E-state index contributed by atoms with van der Waals surface area (Å²) in [5, 5.41) is 10.1. The van der Waals surface area contributed by atoms with E-state index in [1.54, 1.807) is 12.3 Å². The van der Waals surface area contributed by atoms with Crippen LogP contribution in [-0.4, -0.2) is 74.5 Å². The summed E-state index contributed by atoms with van der Waals surface area (Å²) in [6.45, 7) is 5.68. The molecule has 0 saturated heterocycles. The van der Waals surface area contributed by atoms with E-state index >= 15 is 4.39 Å². The molecule has 2 heterocycles. The molecule has 3 aromatic rings. The van der Waals surface area contributed by atoms with Crippen LogP contribution in [0.3, 0.4) is 0 Å². The Labute approximate surface area is 315 Å². The minimum atomic E-state index is -0.897. The second-order valence-electron chi connectivity index (χ2n) is 15.6. The molecule has 54 heavy (non-hydrogen) atoms. The van der Waals surface area contributed by atoms with Crippen LogP contribution in [0.1, 0.15) is 83.0 Å². The summed E-state index contributed by atoms with van der Waals surface area (Å²) in [5.74, 6) is -2.80. The molecule has 1 fully saturated rings. The molecule has 1 aliphatic carbocycles. The Hall–Kier alpha value is -4.81. The highest BCUT2D eigenvalue weighted by Crippen LogP contribution is 2.41. The first-order valence-corrected chi connectivity index (χ1v) is 18.6. The third-order valence-electron chi connectivity index (χ3n) is 10.5. The molecule has 288 valence electrons. The Kier molecular flexibility index (Phi) is 13.1. The highest BCUT2D eigenvalue weighted by atomic mass is 19.1. The number of halogens is 2. The first-order valence-electron chi connectivity index (χ1n) is 18.6. The van der Waals surface area contributed by atoms with Crippen molar-refractivity contribution in [3.8, 4) is 11.1 Å². The predicted octanol–water partition coefficient (Wildman–Crippen LogP) is 5.76. The van der Waals surface area contributed by atoms with Crippen LogP contribution in [0.25, 0.3) is 11.1 Å². The van der Waals surface area contributed by atoms with Gasteiger partial charge < -0.3 is 20.3 Å². The standard InChI is InChI=1S/C42H50F2N4O6/c1-42(2,3)41(35-22-30(32-23-31(43)13-14-33(32)44)25-46(35)24-27-8-5-4-6-9-27)48(40(54)26-49)19-17-34(45)37(51)21-28-11-12-29(20-28)36(50)10-7-18-47-38(52)15-16-39(47)53/h4-6,8-9,13-16,22-23,25,28-29,34,41,49H,7,10-12,17-21,24,26,45H2,1-3H3/t28-,29-,34-,41-/m0/s1. The Morgan fingerprint density at radius 2 is 1.70 bits per heavy atom. The van der Waals surface area contributed by atoms with Crippen molar-refractivity contribution in [2.45, 2.75) is 84.3 Å². The molecule has 1 saturated carbocycles. The zero-order valence-corrected chi connectivity index (χ0v) is 31.2. The molecule has 2 aliphatic rings. The molecule has 12 heteroatoms. The van der Waals surface area contributed by atoms with Crippen LogP contribution in [0.4, 0.5) is 8.78 Å². The number of nitrogens with zero attached hydrogens (tertiary/aromatic N) is 3. The van der Waals surface area contributed by atoms with Crippen molar-refractivity contribution in [1.29, 1.82) is 0 Å². The van der Waals surface area contributed by atoms with Gasteiger partial charge in [0.2, 0.25) is 5.91 Å². The lowest BCUT2D eigenvalue weighted by atomic mass is 9.82. The summed E-state index contributed by atoms with van der Waals surface area (Å²) in [7, 11) is 0. The predicted molar refractivity (Wildman–Crippen MR) is 199 cm³/mol. The van der Waals surface area contributed by atoms with Gasteiger partial charge in [0.15, 0.2) is 0 Å². The number of aliphatic hydroxyl groups excluding tert-OH is 1. The van der Waals surface area contributed by atoms with Gasteiger partial charge in [0.25, 0.3) is 11.8 Å². The number of rotatable bonds is 17. The number of amides is 3. The molecule has 0 spiro atoms. The van der Waals surface area contributed by atoms with E-state index in [1.165, 1.54) is 17.1 Å². The number of hydrogen-bond acceptors (Lipinski definition) is 7. The average Bonchev–Trinajstić information content (AvgIpc) is 3.86. The number of imide groups is 1. The summed E-state index contributed by atoms with van der Waals surface area (Å²) in [5.41, 5.74) is 7.93. The van der Waals surface area contributed by atoms with E-state index in [-0.39, 0.29) is 73.1 Å². The minimum Gasteiger partial charge on any atom is -0.387 e. The van der Waals surface area contributed by atoms with E-state index in [0.717, 1.165) is 28.7 Å². The van der Waals surface area contributed by atoms with Gasteiger partial charge in [0.05, 0.1) is 12.1 Å². The van der Waals surface area contributed by atoms with E-state index in [2.05, 4.69) is 0 Å². The normalized spacial score (nSPS) is 18.3. The topological polar surface area (TPSA) is 143 Å². The molecule has 0 radical (unpaired) electrons. The number of nitrogens with two attached hydrogens (primary N) is 1. The summed E-state index contributed by atoms with van der Waals surface area (Å²) >= 11 is 0. The Morgan fingerprint density at radius 3 is 2.37 bits per heavy atom. The van der Waals surface area contributed by atoms with Crippen molar-refractivity contribution in [3.63, 3.8) is 0 Å². The SMILES string of the molecule is CC(C)(C)[C@H](c1cc(-c2cc(F)ccc2F)cn1Cc1ccccc1)N(CC[C@H](N)C(=O)C[C@H]1CC[C@H](C(=O)CCCN2C(=O)C=CC2=O)C1)C(=O)CO. The van der Waals surface area contributed by atoms with Gasteiger partial charge in [0.1, 0.15) is 29.8 Å². The molecule has 3 amide bonds. The third-order valence-corrected chi connectivity index (χ3v) is 10.5. The Balaban J connectivity index is 1.28. The Morgan fingerprint density at radius 1 is 1.00 bits per heavy atom. The monoisotopic (exact) mass is 744 g/mol. The van der Waals surface area contributed by atoms with Gasteiger partial charge in [-0.1, -0.05) is 51.1 Å². The quantitative estimate of drug-likeness (QED) is 0.168. The lowest BCUT2D eigenvalue weighted by Gasteiger charge is -2.41. The van der Waals surface area contributed by atoms with Crippen molar-refractivity contribution < 1.29 is 37.9 Å². The second kappa shape index (κ2) is 17.6. The zero-order valence-electron chi connectivity index (χ0n) is 31.2. The van der Waals surface area contributed by atoms with Crippen LogP contribution in [0.5, 0.6) is 0 Å². The number of aliphatic hydroxyl groups is 1. The van der Waals surface area contributed by atoms with Crippen molar-refractivity contribution in [3.05, 3.63) is 95.8 Å². The van der Waals surface area contributed by atoms with Crippen LogP contribution in [-0.2, 0) is 30.5 Å². The summed E-state index contributed by atoms with van der Waals surface area (Å²) in [6.07, 6.45) is 7.07. The fourth-order valence-corrected chi connectivity index (χ4v) is 7.80. The number of ketones is 2. The van der Waals surface area contributed by atoms with Crippen LogP contribution < -0.4 is 5.73 Å². The average molecular weight is 745 g/mol. The van der Waals surface area contributed by atoms with E-state index in [0.29, 0.717) is 43.5 Å². The zero-order chi connectivity index (χ0) is 39.2. The van der Waals surface area contributed by atoms with Crippen molar-refractivity contribution in [1.82, 2.24) is 14.4 Å². The van der Waals surface area contributed by atoms with Gasteiger partial charge >= 0.3 is 0 Å². The molecule has 1 aliphatic heterocycles. The molecular weight excluding hydrogens is 694 g/mol. The molecule has 1 aromatic heterocycles. The first-order chi connectivity index (χ1) is 25.7. The van der Waals surface area contributed by atoms with Crippen LogP contribution >= 0.6 is 0 Å². The molecule has 0 bridgehead atoms. The number of carbonyl (C=O) groups is 5. The highest BCUT2D eigenvalue weighted by Gasteiger charge is 2.38. The van der Waals surface area contributed by atoms with E-state index < -0.39 is 41.6 Å². The van der Waals surface area contributed by atoms with Gasteiger partial charge in [-0.3, -0.25) is 28.9 Å². The van der Waals surface area contributed by atoms with E-state index in [1.807, 2.05) is 55.7 Å². The third kappa shape index (κ3) is 9.83. The molecule has 3 N–H and O–H groups in total. The molecule has 4 atom stereocenters. The number of Topliss-reactive ketones (excluding diaryl/α,β-unsaturated/α-hetero) is 2. The molecule has 10 nitrogen and oxygen atoms in total. The summed E-state index contributed by atoms with van der Waals surface area (Å²) < 4.78 is 31.3. The van der Waals surface area contributed by atoms with Gasteiger partial charge in [-0.2, -0.15) is 0 Å². The maximum Gasteiger partial charge on any atom is 0.253 e. The maximum absolute atomic E-state index is 15.1. The van der Waals surface area contributed by atoms with Crippen molar-refractivity contribution in [2.75, 3.05) is 19.7 Å². The number of aromatic nitrogens is 1. The van der Waals surface area contributed by atoms with Gasteiger partial charge in [-0.25, -0.2) is 8.78 Å². The fraction of sp³-hybridized carbons (Fsp3) is 0.452. The van der Waals surface area contributed by atoms with Crippen LogP contribution in [0, 0.1) is 28.9 Å². The lowest BCUT2D eigenvalue weighted by Crippen LogP contribution is -2.46. The number of carbonyl (C=O) groups excluding carboxylic acids is 5. The Bertz CT molecular complexity index is 1870. The molecule has 0 unspecified atom stereocenters. The number of benzene rings is 2.